The van der Waals surface area contributed by atoms with E-state index in [9.17, 15) is 13.2 Å². The van der Waals surface area contributed by atoms with Gasteiger partial charge in [-0.3, -0.25) is 4.79 Å². The molecule has 38 heavy (non-hydrogen) atoms. The Morgan fingerprint density at radius 2 is 1.47 bits per heavy atom. The minimum atomic E-state index is -4.11. The molecule has 0 atom stereocenters. The van der Waals surface area contributed by atoms with E-state index in [1.807, 2.05) is 48.5 Å². The molecule has 1 amide bonds. The molecule has 0 radical (unpaired) electrons. The van der Waals surface area contributed by atoms with E-state index in [1.54, 1.807) is 34.9 Å². The van der Waals surface area contributed by atoms with Crippen LogP contribution < -0.4 is 5.32 Å². The standard InChI is InChI=1S/C29H22N4O4S/c34-29(24-16-9-19-37-24)32-28-26(38(35,36)21-12-5-2-6-13-21)25-27(31-23-15-8-7-14-22(23)30-25)33(28)18-17-20-10-3-1-4-11-20/h1-16,19H,17-18H2,(H,32,34). The third kappa shape index (κ3) is 4.22. The molecule has 0 aliphatic heterocycles. The summed E-state index contributed by atoms with van der Waals surface area (Å²) >= 11 is 0. The van der Waals surface area contributed by atoms with Gasteiger partial charge in [0.25, 0.3) is 5.91 Å². The van der Waals surface area contributed by atoms with Crippen LogP contribution in [0.3, 0.4) is 0 Å². The molecule has 188 valence electrons. The summed E-state index contributed by atoms with van der Waals surface area (Å²) in [6, 6.07) is 28.3. The van der Waals surface area contributed by atoms with E-state index >= 15 is 0 Å². The molecule has 0 saturated heterocycles. The van der Waals surface area contributed by atoms with Crippen molar-refractivity contribution in [2.24, 2.45) is 0 Å². The Hall–Kier alpha value is -4.76. The number of sulfone groups is 1. The lowest BCUT2D eigenvalue weighted by Gasteiger charge is -2.13. The predicted octanol–water partition coefficient (Wildman–Crippen LogP) is 5.51. The quantitative estimate of drug-likeness (QED) is 0.296. The average molecular weight is 523 g/mol. The number of carbonyl (C=O) groups is 1. The second kappa shape index (κ2) is 9.60. The van der Waals surface area contributed by atoms with Gasteiger partial charge in [-0.2, -0.15) is 0 Å². The van der Waals surface area contributed by atoms with E-state index < -0.39 is 15.7 Å². The highest BCUT2D eigenvalue weighted by Crippen LogP contribution is 2.37. The molecule has 0 fully saturated rings. The molecule has 6 rings (SSSR count). The van der Waals surface area contributed by atoms with Crippen LogP contribution in [0.4, 0.5) is 5.82 Å². The van der Waals surface area contributed by atoms with Crippen LogP contribution in [0, 0.1) is 0 Å². The first kappa shape index (κ1) is 23.6. The lowest BCUT2D eigenvalue weighted by Crippen LogP contribution is -2.18. The molecular weight excluding hydrogens is 500 g/mol. The van der Waals surface area contributed by atoms with Gasteiger partial charge in [0, 0.05) is 6.54 Å². The smallest absolute Gasteiger partial charge is 0.292 e. The van der Waals surface area contributed by atoms with Gasteiger partial charge in [0.2, 0.25) is 9.84 Å². The third-order valence-corrected chi connectivity index (χ3v) is 8.09. The van der Waals surface area contributed by atoms with E-state index in [0.29, 0.717) is 29.6 Å². The highest BCUT2D eigenvalue weighted by molar-refractivity contribution is 7.92. The minimum Gasteiger partial charge on any atom is -0.459 e. The summed E-state index contributed by atoms with van der Waals surface area (Å²) in [5.41, 5.74) is 2.78. The normalized spacial score (nSPS) is 11.7. The number of hydrogen-bond acceptors (Lipinski definition) is 6. The van der Waals surface area contributed by atoms with Gasteiger partial charge >= 0.3 is 0 Å². The van der Waals surface area contributed by atoms with Crippen molar-refractivity contribution in [1.29, 1.82) is 0 Å². The highest BCUT2D eigenvalue weighted by Gasteiger charge is 2.32. The number of benzene rings is 3. The number of rotatable bonds is 7. The molecular formula is C29H22N4O4S. The Kier molecular flexibility index (Phi) is 5.97. The summed E-state index contributed by atoms with van der Waals surface area (Å²) in [6.07, 6.45) is 1.96. The first-order valence-electron chi connectivity index (χ1n) is 12.0. The molecule has 0 unspecified atom stereocenters. The van der Waals surface area contributed by atoms with E-state index in [1.165, 1.54) is 24.5 Å². The van der Waals surface area contributed by atoms with Crippen LogP contribution in [-0.4, -0.2) is 28.9 Å². The second-order valence-corrected chi connectivity index (χ2v) is 10.6. The van der Waals surface area contributed by atoms with Crippen molar-refractivity contribution in [3.8, 4) is 0 Å². The molecule has 0 aliphatic carbocycles. The van der Waals surface area contributed by atoms with E-state index in [0.717, 1.165) is 5.56 Å². The van der Waals surface area contributed by atoms with Crippen LogP contribution >= 0.6 is 0 Å². The first-order valence-corrected chi connectivity index (χ1v) is 13.5. The Morgan fingerprint density at radius 3 is 2.16 bits per heavy atom. The fraction of sp³-hybridized carbons (Fsp3) is 0.0690. The molecule has 0 spiro atoms. The zero-order valence-electron chi connectivity index (χ0n) is 20.1. The Balaban J connectivity index is 1.63. The number of anilines is 1. The summed E-state index contributed by atoms with van der Waals surface area (Å²) in [7, 11) is -4.11. The monoisotopic (exact) mass is 522 g/mol. The van der Waals surface area contributed by atoms with Crippen molar-refractivity contribution < 1.29 is 17.6 Å². The van der Waals surface area contributed by atoms with Crippen LogP contribution in [0.2, 0.25) is 0 Å². The van der Waals surface area contributed by atoms with E-state index in [4.69, 9.17) is 14.4 Å². The van der Waals surface area contributed by atoms with Crippen molar-refractivity contribution in [1.82, 2.24) is 14.5 Å². The maximum atomic E-state index is 14.1. The molecule has 0 saturated carbocycles. The number of para-hydroxylation sites is 2. The van der Waals surface area contributed by atoms with Gasteiger partial charge in [0.05, 0.1) is 22.2 Å². The summed E-state index contributed by atoms with van der Waals surface area (Å²) in [5.74, 6) is -0.427. The number of nitrogens with one attached hydrogen (secondary N) is 1. The van der Waals surface area contributed by atoms with Gasteiger partial charge in [0.1, 0.15) is 16.2 Å². The molecule has 1 N–H and O–H groups in total. The summed E-state index contributed by atoms with van der Waals surface area (Å²) in [4.78, 5) is 22.7. The topological polar surface area (TPSA) is 107 Å². The van der Waals surface area contributed by atoms with Gasteiger partial charge in [-0.05, 0) is 48.4 Å². The SMILES string of the molecule is O=C(Nc1c(S(=O)(=O)c2ccccc2)c2nc3ccccc3nc2n1CCc1ccccc1)c1ccco1. The summed E-state index contributed by atoms with van der Waals surface area (Å²) < 4.78 is 35.2. The van der Waals surface area contributed by atoms with Crippen molar-refractivity contribution in [3.63, 3.8) is 0 Å². The van der Waals surface area contributed by atoms with Crippen molar-refractivity contribution in [2.75, 3.05) is 5.32 Å². The van der Waals surface area contributed by atoms with Gasteiger partial charge in [-0.25, -0.2) is 18.4 Å². The van der Waals surface area contributed by atoms with Gasteiger partial charge in [-0.1, -0.05) is 60.7 Å². The van der Waals surface area contributed by atoms with Crippen molar-refractivity contribution in [3.05, 3.63) is 115 Å². The number of fused-ring (bicyclic) bond motifs is 2. The summed E-state index contributed by atoms with van der Waals surface area (Å²) in [6.45, 7) is 0.353. The number of amides is 1. The minimum absolute atomic E-state index is 0.0546. The molecule has 8 nitrogen and oxygen atoms in total. The number of nitrogens with zero attached hydrogens (tertiary/aromatic N) is 3. The number of carbonyl (C=O) groups excluding carboxylic acids is 1. The molecule has 3 heterocycles. The van der Waals surface area contributed by atoms with Crippen LogP contribution in [0.25, 0.3) is 22.2 Å². The van der Waals surface area contributed by atoms with Crippen LogP contribution in [0.5, 0.6) is 0 Å². The van der Waals surface area contributed by atoms with Crippen LogP contribution in [0.15, 0.2) is 118 Å². The second-order valence-electron chi connectivity index (χ2n) is 8.70. The Labute approximate surface area is 218 Å². The third-order valence-electron chi connectivity index (χ3n) is 6.27. The molecule has 0 aliphatic rings. The number of hydrogen-bond donors (Lipinski definition) is 1. The lowest BCUT2D eigenvalue weighted by atomic mass is 10.1. The lowest BCUT2D eigenvalue weighted by molar-refractivity contribution is 0.0995. The van der Waals surface area contributed by atoms with Crippen molar-refractivity contribution in [2.45, 2.75) is 22.8 Å². The van der Waals surface area contributed by atoms with Crippen molar-refractivity contribution >= 4 is 43.8 Å². The molecule has 6 aromatic rings. The fourth-order valence-electron chi connectivity index (χ4n) is 4.45. The number of furan rings is 1. The Bertz CT molecular complexity index is 1860. The molecule has 3 aromatic heterocycles. The predicted molar refractivity (Wildman–Crippen MR) is 144 cm³/mol. The highest BCUT2D eigenvalue weighted by atomic mass is 32.2. The van der Waals surface area contributed by atoms with E-state index in [-0.39, 0.29) is 26.9 Å². The van der Waals surface area contributed by atoms with E-state index in [2.05, 4.69) is 5.32 Å². The van der Waals surface area contributed by atoms with Gasteiger partial charge < -0.3 is 14.3 Å². The maximum absolute atomic E-state index is 14.1. The number of aryl methyl sites for hydroxylation is 2. The Morgan fingerprint density at radius 1 is 0.816 bits per heavy atom. The molecule has 3 aromatic carbocycles. The molecule has 0 bridgehead atoms. The van der Waals surface area contributed by atoms with Gasteiger partial charge in [0.15, 0.2) is 11.4 Å². The zero-order chi connectivity index (χ0) is 26.1. The zero-order valence-corrected chi connectivity index (χ0v) is 20.9. The number of aromatic nitrogens is 3. The van der Waals surface area contributed by atoms with Crippen LogP contribution in [-0.2, 0) is 22.8 Å². The average Bonchev–Trinajstić information content (AvgIpc) is 3.59. The maximum Gasteiger partial charge on any atom is 0.292 e. The first-order chi connectivity index (χ1) is 18.5. The van der Waals surface area contributed by atoms with Gasteiger partial charge in [-0.15, -0.1) is 0 Å². The molecule has 9 heteroatoms. The van der Waals surface area contributed by atoms with Crippen LogP contribution in [0.1, 0.15) is 16.1 Å². The summed E-state index contributed by atoms with van der Waals surface area (Å²) in [5, 5.41) is 2.81. The fourth-order valence-corrected chi connectivity index (χ4v) is 6.01. The largest absolute Gasteiger partial charge is 0.459 e.